The molecule has 3 aromatic rings. The first-order valence-electron chi connectivity index (χ1n) is 6.86. The van der Waals surface area contributed by atoms with Gasteiger partial charge in [0.05, 0.1) is 5.69 Å². The van der Waals surface area contributed by atoms with Gasteiger partial charge in [-0.05, 0) is 12.1 Å². The van der Waals surface area contributed by atoms with Crippen molar-refractivity contribution in [3.8, 4) is 11.3 Å². The number of carbonyl (C=O) groups is 2. The predicted molar refractivity (Wildman–Crippen MR) is 90.1 cm³/mol. The Labute approximate surface area is 140 Å². The molecule has 4 N–H and O–H groups in total. The van der Waals surface area contributed by atoms with E-state index >= 15 is 0 Å². The summed E-state index contributed by atoms with van der Waals surface area (Å²) < 4.78 is 1.38. The van der Waals surface area contributed by atoms with Gasteiger partial charge in [0, 0.05) is 42.0 Å². The molecule has 24 heavy (non-hydrogen) atoms. The molecule has 3 rings (SSSR count). The SMILES string of the molecule is Cn1ccc(C(=O)Nc2nc(-c3c[nH]c(C(N)=O)c3)cs2)cc1=O. The second-order valence-electron chi connectivity index (χ2n) is 5.02. The van der Waals surface area contributed by atoms with Crippen LogP contribution in [0.2, 0.25) is 0 Å². The van der Waals surface area contributed by atoms with Gasteiger partial charge < -0.3 is 15.3 Å². The van der Waals surface area contributed by atoms with Crippen LogP contribution in [0.4, 0.5) is 5.13 Å². The van der Waals surface area contributed by atoms with Crippen LogP contribution in [0.15, 0.2) is 40.8 Å². The van der Waals surface area contributed by atoms with Crippen LogP contribution in [0.25, 0.3) is 11.3 Å². The van der Waals surface area contributed by atoms with E-state index in [0.29, 0.717) is 16.4 Å². The molecule has 0 saturated carbocycles. The van der Waals surface area contributed by atoms with Gasteiger partial charge in [0.25, 0.3) is 17.4 Å². The molecule has 0 radical (unpaired) electrons. The van der Waals surface area contributed by atoms with Crippen molar-refractivity contribution < 1.29 is 9.59 Å². The topological polar surface area (TPSA) is 123 Å². The maximum absolute atomic E-state index is 12.2. The lowest BCUT2D eigenvalue weighted by molar-refractivity contribution is 0.0994. The van der Waals surface area contributed by atoms with Gasteiger partial charge in [-0.3, -0.25) is 19.7 Å². The van der Waals surface area contributed by atoms with Gasteiger partial charge in [0.15, 0.2) is 5.13 Å². The number of anilines is 1. The van der Waals surface area contributed by atoms with Crippen molar-refractivity contribution in [2.45, 2.75) is 0 Å². The van der Waals surface area contributed by atoms with E-state index in [9.17, 15) is 14.4 Å². The number of nitrogens with one attached hydrogen (secondary N) is 2. The van der Waals surface area contributed by atoms with Crippen LogP contribution in [0.1, 0.15) is 20.8 Å². The van der Waals surface area contributed by atoms with Crippen molar-refractivity contribution in [1.29, 1.82) is 0 Å². The first-order valence-corrected chi connectivity index (χ1v) is 7.74. The summed E-state index contributed by atoms with van der Waals surface area (Å²) in [6.07, 6.45) is 3.14. The van der Waals surface area contributed by atoms with Crippen LogP contribution in [0.3, 0.4) is 0 Å². The van der Waals surface area contributed by atoms with Crippen LogP contribution in [-0.2, 0) is 7.05 Å². The number of H-pyrrole nitrogens is 1. The molecule has 0 aliphatic rings. The van der Waals surface area contributed by atoms with E-state index in [2.05, 4.69) is 15.3 Å². The number of nitrogens with zero attached hydrogens (tertiary/aromatic N) is 2. The minimum Gasteiger partial charge on any atom is -0.364 e. The molecule has 3 aromatic heterocycles. The fourth-order valence-corrected chi connectivity index (χ4v) is 2.72. The van der Waals surface area contributed by atoms with Gasteiger partial charge in [-0.2, -0.15) is 0 Å². The lowest BCUT2D eigenvalue weighted by atomic mass is 10.2. The Morgan fingerprint density at radius 3 is 2.83 bits per heavy atom. The van der Waals surface area contributed by atoms with E-state index in [1.807, 2.05) is 0 Å². The Morgan fingerprint density at radius 1 is 1.38 bits per heavy atom. The summed E-state index contributed by atoms with van der Waals surface area (Å²) in [4.78, 5) is 41.9. The number of thiazole rings is 1. The Balaban J connectivity index is 1.77. The summed E-state index contributed by atoms with van der Waals surface area (Å²) in [6.45, 7) is 0. The number of aromatic nitrogens is 3. The van der Waals surface area contributed by atoms with E-state index in [-0.39, 0.29) is 16.8 Å². The largest absolute Gasteiger partial charge is 0.364 e. The lowest BCUT2D eigenvalue weighted by Gasteiger charge is -2.02. The molecule has 8 nitrogen and oxygen atoms in total. The number of pyridine rings is 1. The summed E-state index contributed by atoms with van der Waals surface area (Å²) in [5.74, 6) is -0.976. The zero-order valence-electron chi connectivity index (χ0n) is 12.6. The maximum Gasteiger partial charge on any atom is 0.265 e. The molecule has 0 bridgehead atoms. The lowest BCUT2D eigenvalue weighted by Crippen LogP contribution is -2.19. The van der Waals surface area contributed by atoms with Crippen molar-refractivity contribution in [3.05, 3.63) is 57.6 Å². The maximum atomic E-state index is 12.2. The van der Waals surface area contributed by atoms with Crippen molar-refractivity contribution in [3.63, 3.8) is 0 Å². The molecule has 0 atom stereocenters. The minimum atomic E-state index is -0.560. The number of carbonyl (C=O) groups excluding carboxylic acids is 2. The molecular formula is C15H13N5O3S. The third kappa shape index (κ3) is 3.10. The fourth-order valence-electron chi connectivity index (χ4n) is 2.01. The standard InChI is InChI=1S/C15H13N5O3S/c1-20-3-2-8(5-12(20)21)14(23)19-15-18-11(7-24-15)9-4-10(13(16)22)17-6-9/h2-7,17H,1H3,(H2,16,22)(H,18,19,23). The molecule has 0 aliphatic carbocycles. The third-order valence-corrected chi connectivity index (χ3v) is 4.09. The zero-order chi connectivity index (χ0) is 17.3. The Hall–Kier alpha value is -3.20. The highest BCUT2D eigenvalue weighted by Crippen LogP contribution is 2.25. The second kappa shape index (κ2) is 6.13. The second-order valence-corrected chi connectivity index (χ2v) is 5.88. The highest BCUT2D eigenvalue weighted by Gasteiger charge is 2.12. The number of amides is 2. The third-order valence-electron chi connectivity index (χ3n) is 3.34. The normalized spacial score (nSPS) is 10.5. The quantitative estimate of drug-likeness (QED) is 0.658. The molecule has 0 aliphatic heterocycles. The van der Waals surface area contributed by atoms with E-state index in [1.165, 1.54) is 28.2 Å². The molecule has 0 unspecified atom stereocenters. The Bertz CT molecular complexity index is 985. The molecule has 0 fully saturated rings. The van der Waals surface area contributed by atoms with Crippen LogP contribution in [0, 0.1) is 0 Å². The summed E-state index contributed by atoms with van der Waals surface area (Å²) >= 11 is 1.24. The smallest absolute Gasteiger partial charge is 0.265 e. The molecule has 9 heteroatoms. The van der Waals surface area contributed by atoms with Gasteiger partial charge in [-0.1, -0.05) is 0 Å². The summed E-state index contributed by atoms with van der Waals surface area (Å²) in [5, 5.41) is 4.77. The predicted octanol–water partition coefficient (Wildman–Crippen LogP) is 1.19. The van der Waals surface area contributed by atoms with E-state index in [0.717, 1.165) is 0 Å². The number of aryl methyl sites for hydroxylation is 1. The van der Waals surface area contributed by atoms with Gasteiger partial charge >= 0.3 is 0 Å². The van der Waals surface area contributed by atoms with Gasteiger partial charge in [-0.25, -0.2) is 4.98 Å². The van der Waals surface area contributed by atoms with E-state index in [4.69, 9.17) is 5.73 Å². The van der Waals surface area contributed by atoms with Crippen molar-refractivity contribution >= 4 is 28.3 Å². The Morgan fingerprint density at radius 2 is 2.17 bits per heavy atom. The minimum absolute atomic E-state index is 0.257. The molecule has 0 aromatic carbocycles. The highest BCUT2D eigenvalue weighted by molar-refractivity contribution is 7.14. The number of hydrogen-bond donors (Lipinski definition) is 3. The van der Waals surface area contributed by atoms with Gasteiger partial charge in [-0.15, -0.1) is 11.3 Å². The number of nitrogens with two attached hydrogens (primary N) is 1. The monoisotopic (exact) mass is 343 g/mol. The van der Waals surface area contributed by atoms with Crippen molar-refractivity contribution in [2.24, 2.45) is 12.8 Å². The molecule has 122 valence electrons. The number of primary amides is 1. The van der Waals surface area contributed by atoms with Crippen molar-refractivity contribution in [1.82, 2.24) is 14.5 Å². The number of aromatic amines is 1. The Kier molecular flexibility index (Phi) is 4.00. The van der Waals surface area contributed by atoms with E-state index in [1.54, 1.807) is 30.8 Å². The van der Waals surface area contributed by atoms with Crippen LogP contribution in [-0.4, -0.2) is 26.3 Å². The zero-order valence-corrected chi connectivity index (χ0v) is 13.4. The molecule has 2 amide bonds. The number of hydrogen-bond acceptors (Lipinski definition) is 5. The first kappa shape index (κ1) is 15.7. The summed E-state index contributed by atoms with van der Waals surface area (Å²) in [6, 6.07) is 4.40. The summed E-state index contributed by atoms with van der Waals surface area (Å²) in [7, 11) is 1.61. The van der Waals surface area contributed by atoms with E-state index < -0.39 is 11.8 Å². The summed E-state index contributed by atoms with van der Waals surface area (Å²) in [5.41, 5.74) is 6.75. The molecule has 0 saturated heterocycles. The van der Waals surface area contributed by atoms with Crippen LogP contribution < -0.4 is 16.6 Å². The molecule has 3 heterocycles. The van der Waals surface area contributed by atoms with Gasteiger partial charge in [0.1, 0.15) is 5.69 Å². The average Bonchev–Trinajstić information content (AvgIpc) is 3.18. The molecular weight excluding hydrogens is 330 g/mol. The highest BCUT2D eigenvalue weighted by atomic mass is 32.1. The van der Waals surface area contributed by atoms with Crippen molar-refractivity contribution in [2.75, 3.05) is 5.32 Å². The fraction of sp³-hybridized carbons (Fsp3) is 0.0667. The van der Waals surface area contributed by atoms with Crippen LogP contribution in [0.5, 0.6) is 0 Å². The molecule has 0 spiro atoms. The van der Waals surface area contributed by atoms with Gasteiger partial charge in [0.2, 0.25) is 0 Å². The van der Waals surface area contributed by atoms with Crippen LogP contribution >= 0.6 is 11.3 Å². The first-order chi connectivity index (χ1) is 11.4. The average molecular weight is 343 g/mol. The number of rotatable bonds is 4.